The number of nitrogens with zero attached hydrogens (tertiary/aromatic N) is 2. The first-order valence-electron chi connectivity index (χ1n) is 3.82. The van der Waals surface area contributed by atoms with Gasteiger partial charge in [0.15, 0.2) is 0 Å². The lowest BCUT2D eigenvalue weighted by Gasteiger charge is -1.92. The van der Waals surface area contributed by atoms with E-state index in [1.165, 1.54) is 0 Å². The van der Waals surface area contributed by atoms with Crippen LogP contribution in [0.25, 0.3) is 10.8 Å². The van der Waals surface area contributed by atoms with Gasteiger partial charge >= 0.3 is 0 Å². The van der Waals surface area contributed by atoms with Crippen molar-refractivity contribution in [2.45, 2.75) is 12.2 Å². The lowest BCUT2D eigenvalue weighted by molar-refractivity contribution is 0.511. The zero-order chi connectivity index (χ0) is 9.26. The number of thiophene rings is 1. The van der Waals surface area contributed by atoms with Crippen LogP contribution in [0.15, 0.2) is 21.9 Å². The predicted molar refractivity (Wildman–Crippen MR) is 55.0 cm³/mol. The topological polar surface area (TPSA) is 38.9 Å². The molecule has 1 atom stereocenters. The first-order chi connectivity index (χ1) is 6.27. The van der Waals surface area contributed by atoms with Crippen LogP contribution in [0.2, 0.25) is 0 Å². The van der Waals surface area contributed by atoms with Gasteiger partial charge in [0.25, 0.3) is 5.89 Å². The number of rotatable bonds is 2. The minimum absolute atomic E-state index is 0.0128. The highest BCUT2D eigenvalue weighted by molar-refractivity contribution is 7.80. The first kappa shape index (κ1) is 8.77. The molecule has 0 aliphatic rings. The molecule has 0 aromatic carbocycles. The fraction of sp³-hybridized carbons (Fsp3) is 0.250. The Kier molecular flexibility index (Phi) is 2.37. The van der Waals surface area contributed by atoms with Gasteiger partial charge in [-0.1, -0.05) is 6.07 Å². The Labute approximate surface area is 85.2 Å². The summed E-state index contributed by atoms with van der Waals surface area (Å²) >= 11 is 5.79. The summed E-state index contributed by atoms with van der Waals surface area (Å²) in [6, 6.07) is 3.90. The van der Waals surface area contributed by atoms with Gasteiger partial charge < -0.3 is 4.42 Å². The van der Waals surface area contributed by atoms with Gasteiger partial charge in [-0.2, -0.15) is 12.6 Å². The van der Waals surface area contributed by atoms with Crippen molar-refractivity contribution in [3.8, 4) is 10.8 Å². The van der Waals surface area contributed by atoms with Crippen LogP contribution in [0.3, 0.4) is 0 Å². The summed E-state index contributed by atoms with van der Waals surface area (Å²) in [6.07, 6.45) is 0. The molecule has 3 nitrogen and oxygen atoms in total. The quantitative estimate of drug-likeness (QED) is 0.778. The Hall–Kier alpha value is -0.810. The van der Waals surface area contributed by atoms with Crippen molar-refractivity contribution in [1.29, 1.82) is 0 Å². The zero-order valence-corrected chi connectivity index (χ0v) is 8.68. The fourth-order valence-electron chi connectivity index (χ4n) is 0.903. The van der Waals surface area contributed by atoms with Crippen LogP contribution in [-0.4, -0.2) is 10.2 Å². The van der Waals surface area contributed by atoms with E-state index in [0.717, 1.165) is 4.88 Å². The van der Waals surface area contributed by atoms with Crippen molar-refractivity contribution in [3.63, 3.8) is 0 Å². The molecule has 0 amide bonds. The maximum atomic E-state index is 5.40. The molecular formula is C8H8N2OS2. The second kappa shape index (κ2) is 3.51. The average Bonchev–Trinajstić information content (AvgIpc) is 2.75. The summed E-state index contributed by atoms with van der Waals surface area (Å²) in [5.74, 6) is 1.14. The molecule has 0 radical (unpaired) electrons. The van der Waals surface area contributed by atoms with Crippen LogP contribution >= 0.6 is 24.0 Å². The zero-order valence-electron chi connectivity index (χ0n) is 6.97. The van der Waals surface area contributed by atoms with Gasteiger partial charge in [-0.25, -0.2) is 0 Å². The molecule has 0 fully saturated rings. The summed E-state index contributed by atoms with van der Waals surface area (Å²) in [5.41, 5.74) is 0. The lowest BCUT2D eigenvalue weighted by Crippen LogP contribution is -1.82. The summed E-state index contributed by atoms with van der Waals surface area (Å²) in [5, 5.41) is 9.77. The summed E-state index contributed by atoms with van der Waals surface area (Å²) in [6.45, 7) is 1.90. The van der Waals surface area contributed by atoms with E-state index >= 15 is 0 Å². The Balaban J connectivity index is 2.33. The van der Waals surface area contributed by atoms with E-state index in [9.17, 15) is 0 Å². The Morgan fingerprint density at radius 1 is 1.54 bits per heavy atom. The van der Waals surface area contributed by atoms with Crippen molar-refractivity contribution in [2.24, 2.45) is 0 Å². The van der Waals surface area contributed by atoms with E-state index in [4.69, 9.17) is 4.42 Å². The Bertz CT molecular complexity index is 381. The van der Waals surface area contributed by atoms with Crippen molar-refractivity contribution in [3.05, 3.63) is 23.4 Å². The molecule has 2 rings (SSSR count). The molecule has 68 valence electrons. The van der Waals surface area contributed by atoms with Crippen molar-refractivity contribution in [2.75, 3.05) is 0 Å². The first-order valence-corrected chi connectivity index (χ1v) is 5.22. The molecule has 2 heterocycles. The molecule has 0 saturated carbocycles. The minimum Gasteiger partial charge on any atom is -0.419 e. The molecule has 1 unspecified atom stereocenters. The van der Waals surface area contributed by atoms with Crippen molar-refractivity contribution in [1.82, 2.24) is 10.2 Å². The smallest absolute Gasteiger partial charge is 0.257 e. The number of thiol groups is 1. The number of aromatic nitrogens is 2. The van der Waals surface area contributed by atoms with Crippen molar-refractivity contribution >= 4 is 24.0 Å². The van der Waals surface area contributed by atoms with Gasteiger partial charge in [0.05, 0.1) is 10.1 Å². The third-order valence-electron chi connectivity index (χ3n) is 1.53. The fourth-order valence-corrected chi connectivity index (χ4v) is 1.65. The second-order valence-electron chi connectivity index (χ2n) is 2.60. The average molecular weight is 212 g/mol. The maximum absolute atomic E-state index is 5.40. The van der Waals surface area contributed by atoms with E-state index in [1.807, 2.05) is 24.4 Å². The van der Waals surface area contributed by atoms with Crippen LogP contribution in [0.4, 0.5) is 0 Å². The minimum atomic E-state index is -0.0128. The van der Waals surface area contributed by atoms with Crippen molar-refractivity contribution < 1.29 is 4.42 Å². The van der Waals surface area contributed by atoms with E-state index in [2.05, 4.69) is 22.8 Å². The molecule has 0 N–H and O–H groups in total. The molecular weight excluding hydrogens is 204 g/mol. The summed E-state index contributed by atoms with van der Waals surface area (Å²) in [7, 11) is 0. The molecule has 0 aliphatic carbocycles. The van der Waals surface area contributed by atoms with E-state index in [-0.39, 0.29) is 5.25 Å². The molecule has 0 spiro atoms. The third-order valence-corrected chi connectivity index (χ3v) is 2.61. The maximum Gasteiger partial charge on any atom is 0.257 e. The highest BCUT2D eigenvalue weighted by atomic mass is 32.1. The van der Waals surface area contributed by atoms with Crippen LogP contribution in [0, 0.1) is 0 Å². The summed E-state index contributed by atoms with van der Waals surface area (Å²) < 4.78 is 5.40. The Morgan fingerprint density at radius 2 is 2.38 bits per heavy atom. The SMILES string of the molecule is CC(S)c1nnc(-c2cccs2)o1. The third kappa shape index (κ3) is 1.76. The van der Waals surface area contributed by atoms with E-state index in [1.54, 1.807) is 11.3 Å². The highest BCUT2D eigenvalue weighted by Gasteiger charge is 2.11. The molecule has 2 aromatic rings. The second-order valence-corrected chi connectivity index (χ2v) is 4.32. The number of hydrogen-bond donors (Lipinski definition) is 1. The molecule has 0 aliphatic heterocycles. The Morgan fingerprint density at radius 3 is 2.92 bits per heavy atom. The molecule has 0 bridgehead atoms. The van der Waals surface area contributed by atoms with Crippen LogP contribution in [0.5, 0.6) is 0 Å². The van der Waals surface area contributed by atoms with Gasteiger partial charge in [0.1, 0.15) is 0 Å². The normalized spacial score (nSPS) is 13.1. The predicted octanol–water partition coefficient (Wildman–Crippen LogP) is 2.79. The van der Waals surface area contributed by atoms with E-state index < -0.39 is 0 Å². The van der Waals surface area contributed by atoms with Crippen LogP contribution in [0.1, 0.15) is 18.1 Å². The van der Waals surface area contributed by atoms with Gasteiger partial charge in [-0.15, -0.1) is 21.5 Å². The van der Waals surface area contributed by atoms with Gasteiger partial charge in [-0.3, -0.25) is 0 Å². The van der Waals surface area contributed by atoms with Crippen LogP contribution < -0.4 is 0 Å². The van der Waals surface area contributed by atoms with E-state index in [0.29, 0.717) is 11.8 Å². The number of hydrogen-bond acceptors (Lipinski definition) is 5. The van der Waals surface area contributed by atoms with Gasteiger partial charge in [0, 0.05) is 0 Å². The van der Waals surface area contributed by atoms with Gasteiger partial charge in [0.2, 0.25) is 5.89 Å². The molecule has 5 heteroatoms. The summed E-state index contributed by atoms with van der Waals surface area (Å²) in [4.78, 5) is 0.993. The highest BCUT2D eigenvalue weighted by Crippen LogP contribution is 2.26. The largest absolute Gasteiger partial charge is 0.419 e. The van der Waals surface area contributed by atoms with Crippen LogP contribution in [-0.2, 0) is 0 Å². The molecule has 2 aromatic heterocycles. The van der Waals surface area contributed by atoms with Gasteiger partial charge in [-0.05, 0) is 18.4 Å². The monoisotopic (exact) mass is 212 g/mol. The molecule has 13 heavy (non-hydrogen) atoms. The standard InChI is InChI=1S/C8H8N2OS2/c1-5(12)7-9-10-8(11-7)6-3-2-4-13-6/h2-5,12H,1H3. The molecule has 0 saturated heterocycles. The lowest BCUT2D eigenvalue weighted by atomic mass is 10.5.